The van der Waals surface area contributed by atoms with Gasteiger partial charge in [-0.25, -0.2) is 0 Å². The van der Waals surface area contributed by atoms with E-state index in [4.69, 9.17) is 10.5 Å². The molecule has 140 valence electrons. The lowest BCUT2D eigenvalue weighted by Crippen LogP contribution is -2.45. The van der Waals surface area contributed by atoms with Crippen LogP contribution in [0.25, 0.3) is 11.1 Å². The maximum atomic E-state index is 12.6. The van der Waals surface area contributed by atoms with Gasteiger partial charge in [0.25, 0.3) is 0 Å². The van der Waals surface area contributed by atoms with Crippen molar-refractivity contribution in [1.82, 2.24) is 5.32 Å². The zero-order chi connectivity index (χ0) is 17.4. The molecule has 4 rings (SSSR count). The van der Waals surface area contributed by atoms with Crippen molar-refractivity contribution in [3.63, 3.8) is 0 Å². The number of nitrogens with one attached hydrogen (secondary N) is 1. The summed E-state index contributed by atoms with van der Waals surface area (Å²) < 4.78 is 5.20. The average Bonchev–Trinajstić information content (AvgIpc) is 3.36. The maximum Gasteiger partial charge on any atom is 0.225 e. The highest BCUT2D eigenvalue weighted by molar-refractivity contribution is 7.10. The van der Waals surface area contributed by atoms with Crippen molar-refractivity contribution < 1.29 is 9.53 Å². The minimum absolute atomic E-state index is 0. The molecule has 2 aliphatic rings. The molecule has 0 radical (unpaired) electrons. The molecule has 26 heavy (non-hydrogen) atoms. The van der Waals surface area contributed by atoms with E-state index < -0.39 is 0 Å². The molecule has 0 spiro atoms. The molecule has 1 aromatic carbocycles. The number of thiophene rings is 1. The van der Waals surface area contributed by atoms with Crippen molar-refractivity contribution in [1.29, 1.82) is 0 Å². The third kappa shape index (κ3) is 3.61. The van der Waals surface area contributed by atoms with Gasteiger partial charge in [-0.3, -0.25) is 4.79 Å². The molecule has 4 atom stereocenters. The van der Waals surface area contributed by atoms with Gasteiger partial charge in [-0.05, 0) is 65.8 Å². The molecule has 3 N–H and O–H groups in total. The summed E-state index contributed by atoms with van der Waals surface area (Å²) in [6.45, 7) is 0.584. The molecule has 0 aliphatic heterocycles. The molecule has 2 aromatic rings. The molecular weight excluding hydrogens is 368 g/mol. The van der Waals surface area contributed by atoms with E-state index in [0.29, 0.717) is 18.4 Å². The maximum absolute atomic E-state index is 12.6. The van der Waals surface area contributed by atoms with Crippen LogP contribution in [0, 0.1) is 17.8 Å². The predicted molar refractivity (Wildman–Crippen MR) is 108 cm³/mol. The van der Waals surface area contributed by atoms with Crippen molar-refractivity contribution in [2.45, 2.75) is 31.8 Å². The second kappa shape index (κ2) is 7.99. The summed E-state index contributed by atoms with van der Waals surface area (Å²) in [6, 6.07) is 10.2. The van der Waals surface area contributed by atoms with Gasteiger partial charge >= 0.3 is 0 Å². The van der Waals surface area contributed by atoms with Crippen LogP contribution in [0.3, 0.4) is 0 Å². The molecule has 1 amide bonds. The van der Waals surface area contributed by atoms with Gasteiger partial charge in [0.05, 0.1) is 19.6 Å². The minimum atomic E-state index is 0. The van der Waals surface area contributed by atoms with E-state index in [-0.39, 0.29) is 30.3 Å². The fourth-order valence-electron chi connectivity index (χ4n) is 4.43. The fraction of sp³-hybridized carbons (Fsp3) is 0.450. The van der Waals surface area contributed by atoms with Crippen molar-refractivity contribution >= 4 is 29.7 Å². The predicted octanol–water partition coefficient (Wildman–Crippen LogP) is 3.84. The highest BCUT2D eigenvalue weighted by atomic mass is 35.5. The zero-order valence-electron chi connectivity index (χ0n) is 14.8. The lowest BCUT2D eigenvalue weighted by Gasteiger charge is -2.26. The highest BCUT2D eigenvalue weighted by Gasteiger charge is 2.48. The molecule has 0 saturated heterocycles. The third-order valence-electron chi connectivity index (χ3n) is 5.80. The number of benzene rings is 1. The number of fused-ring (bicyclic) bond motifs is 2. The number of nitrogens with two attached hydrogens (primary N) is 1. The molecule has 4 unspecified atom stereocenters. The minimum Gasteiger partial charge on any atom is -0.497 e. The summed E-state index contributed by atoms with van der Waals surface area (Å²) in [4.78, 5) is 13.7. The second-order valence-corrected chi connectivity index (χ2v) is 8.18. The molecule has 2 saturated carbocycles. The van der Waals surface area contributed by atoms with Crippen molar-refractivity contribution in [3.05, 3.63) is 40.6 Å². The third-order valence-corrected chi connectivity index (χ3v) is 6.73. The Kier molecular flexibility index (Phi) is 5.90. The number of ether oxygens (including phenoxy) is 1. The van der Waals surface area contributed by atoms with Gasteiger partial charge in [-0.2, -0.15) is 0 Å². The molecule has 1 aromatic heterocycles. The van der Waals surface area contributed by atoms with Crippen LogP contribution < -0.4 is 15.8 Å². The highest BCUT2D eigenvalue weighted by Crippen LogP contribution is 2.47. The van der Waals surface area contributed by atoms with Gasteiger partial charge in [0.15, 0.2) is 0 Å². The van der Waals surface area contributed by atoms with Crippen LogP contribution in [0.15, 0.2) is 35.7 Å². The number of hydrogen-bond donors (Lipinski definition) is 2. The number of amides is 1. The number of carbonyl (C=O) groups excluding carboxylic acids is 1. The summed E-state index contributed by atoms with van der Waals surface area (Å²) in [6.07, 6.45) is 3.50. The van der Waals surface area contributed by atoms with Crippen LogP contribution in [0.2, 0.25) is 0 Å². The Bertz CT molecular complexity index is 759. The molecule has 2 fully saturated rings. The van der Waals surface area contributed by atoms with Gasteiger partial charge in [-0.15, -0.1) is 23.7 Å². The summed E-state index contributed by atoms with van der Waals surface area (Å²) >= 11 is 1.68. The SMILES string of the molecule is COc1ccc(-c2csc(CNC(=O)C3C4CCC(C4)C3N)c2)cc1.Cl. The largest absolute Gasteiger partial charge is 0.497 e. The van der Waals surface area contributed by atoms with E-state index in [0.717, 1.165) is 29.0 Å². The molecule has 1 heterocycles. The number of hydrogen-bond acceptors (Lipinski definition) is 4. The Morgan fingerprint density at radius 2 is 1.96 bits per heavy atom. The Hall–Kier alpha value is -1.56. The number of methoxy groups -OCH3 is 1. The van der Waals surface area contributed by atoms with E-state index in [2.05, 4.69) is 28.9 Å². The summed E-state index contributed by atoms with van der Waals surface area (Å²) in [5, 5.41) is 5.24. The normalized spacial score (nSPS) is 26.4. The first-order valence-corrected chi connectivity index (χ1v) is 9.79. The molecule has 4 nitrogen and oxygen atoms in total. The van der Waals surface area contributed by atoms with E-state index in [1.54, 1.807) is 18.4 Å². The smallest absolute Gasteiger partial charge is 0.225 e. The van der Waals surface area contributed by atoms with E-state index in [9.17, 15) is 4.79 Å². The van der Waals surface area contributed by atoms with Gasteiger partial charge in [0.2, 0.25) is 5.91 Å². The Morgan fingerprint density at radius 3 is 2.62 bits per heavy atom. The van der Waals surface area contributed by atoms with Crippen LogP contribution in [0.1, 0.15) is 24.1 Å². The van der Waals surface area contributed by atoms with E-state index >= 15 is 0 Å². The quantitative estimate of drug-likeness (QED) is 0.812. The second-order valence-electron chi connectivity index (χ2n) is 7.18. The summed E-state index contributed by atoms with van der Waals surface area (Å²) in [7, 11) is 1.67. The molecular formula is C20H25ClN2O2S. The van der Waals surface area contributed by atoms with Crippen LogP contribution in [-0.4, -0.2) is 19.1 Å². The average molecular weight is 393 g/mol. The van der Waals surface area contributed by atoms with Crippen LogP contribution >= 0.6 is 23.7 Å². The first-order valence-electron chi connectivity index (χ1n) is 8.91. The number of halogens is 1. The summed E-state index contributed by atoms with van der Waals surface area (Å²) in [5.41, 5.74) is 8.60. The lowest BCUT2D eigenvalue weighted by atomic mass is 9.84. The standard InChI is InChI=1S/C20H24N2O2S.ClH/c1-24-16-6-4-12(5-7-16)15-9-17(25-11-15)10-22-20(23)18-13-2-3-14(8-13)19(18)21;/h4-7,9,11,13-14,18-19H,2-3,8,10,21H2,1H3,(H,22,23);1H. The van der Waals surface area contributed by atoms with Gasteiger partial charge in [0.1, 0.15) is 5.75 Å². The lowest BCUT2D eigenvalue weighted by molar-refractivity contribution is -0.127. The van der Waals surface area contributed by atoms with Crippen LogP contribution in [0.5, 0.6) is 5.75 Å². The van der Waals surface area contributed by atoms with Crippen molar-refractivity contribution in [2.75, 3.05) is 7.11 Å². The summed E-state index contributed by atoms with van der Waals surface area (Å²) in [5.74, 6) is 2.06. The molecule has 6 heteroatoms. The van der Waals surface area contributed by atoms with Crippen LogP contribution in [-0.2, 0) is 11.3 Å². The van der Waals surface area contributed by atoms with Crippen LogP contribution in [0.4, 0.5) is 0 Å². The molecule has 2 bridgehead atoms. The number of carbonyl (C=O) groups is 1. The van der Waals surface area contributed by atoms with E-state index in [1.165, 1.54) is 12.0 Å². The first kappa shape index (κ1) is 19.2. The van der Waals surface area contributed by atoms with Gasteiger partial charge in [0, 0.05) is 10.9 Å². The monoisotopic (exact) mass is 392 g/mol. The zero-order valence-corrected chi connectivity index (χ0v) is 16.4. The fourth-order valence-corrected chi connectivity index (χ4v) is 5.26. The topological polar surface area (TPSA) is 64.3 Å². The van der Waals surface area contributed by atoms with Crippen molar-refractivity contribution in [2.24, 2.45) is 23.5 Å². The van der Waals surface area contributed by atoms with Gasteiger partial charge < -0.3 is 15.8 Å². The molecule has 2 aliphatic carbocycles. The first-order chi connectivity index (χ1) is 12.2. The van der Waals surface area contributed by atoms with Crippen molar-refractivity contribution in [3.8, 4) is 16.9 Å². The Balaban J connectivity index is 0.00000196. The van der Waals surface area contributed by atoms with E-state index in [1.807, 2.05) is 12.1 Å². The Morgan fingerprint density at radius 1 is 1.23 bits per heavy atom. The Labute approximate surface area is 164 Å². The number of rotatable bonds is 5. The van der Waals surface area contributed by atoms with Gasteiger partial charge in [-0.1, -0.05) is 12.1 Å².